The highest BCUT2D eigenvalue weighted by molar-refractivity contribution is 6.09. The van der Waals surface area contributed by atoms with Crippen molar-refractivity contribution in [2.45, 2.75) is 6.92 Å². The highest BCUT2D eigenvalue weighted by Gasteiger charge is 2.20. The van der Waals surface area contributed by atoms with E-state index in [4.69, 9.17) is 5.73 Å². The second-order valence-corrected chi connectivity index (χ2v) is 3.68. The smallest absolute Gasteiger partial charge is 0.263 e. The lowest BCUT2D eigenvalue weighted by Gasteiger charge is -2.16. The molecular formula is C11H13N5O. The van der Waals surface area contributed by atoms with Gasteiger partial charge in [-0.05, 0) is 19.1 Å². The summed E-state index contributed by atoms with van der Waals surface area (Å²) in [4.78, 5) is 17.7. The van der Waals surface area contributed by atoms with Gasteiger partial charge in [0.05, 0.1) is 11.9 Å². The number of nitrogens with two attached hydrogens (primary N) is 1. The Morgan fingerprint density at radius 3 is 2.82 bits per heavy atom. The van der Waals surface area contributed by atoms with Gasteiger partial charge in [-0.3, -0.25) is 14.9 Å². The largest absolute Gasteiger partial charge is 0.382 e. The first-order chi connectivity index (χ1) is 8.11. The molecule has 1 amide bonds. The first-order valence-corrected chi connectivity index (χ1v) is 5.09. The van der Waals surface area contributed by atoms with E-state index >= 15 is 0 Å². The monoisotopic (exact) mass is 231 g/mol. The molecule has 0 aliphatic rings. The molecule has 0 bridgehead atoms. The summed E-state index contributed by atoms with van der Waals surface area (Å²) in [7, 11) is 1.67. The first kappa shape index (κ1) is 11.1. The van der Waals surface area contributed by atoms with E-state index in [-0.39, 0.29) is 11.7 Å². The molecule has 0 atom stereocenters. The third kappa shape index (κ3) is 1.96. The van der Waals surface area contributed by atoms with Crippen LogP contribution >= 0.6 is 0 Å². The number of rotatable bonds is 2. The highest BCUT2D eigenvalue weighted by atomic mass is 16.2. The van der Waals surface area contributed by atoms with Crippen LogP contribution < -0.4 is 10.6 Å². The van der Waals surface area contributed by atoms with E-state index < -0.39 is 0 Å². The Bertz CT molecular complexity index is 515. The Labute approximate surface area is 98.5 Å². The van der Waals surface area contributed by atoms with Crippen LogP contribution in [0.2, 0.25) is 0 Å². The topological polar surface area (TPSA) is 87.9 Å². The molecule has 0 aliphatic heterocycles. The van der Waals surface area contributed by atoms with Crippen LogP contribution in [0.1, 0.15) is 16.1 Å². The second-order valence-electron chi connectivity index (χ2n) is 3.68. The Morgan fingerprint density at radius 1 is 1.53 bits per heavy atom. The summed E-state index contributed by atoms with van der Waals surface area (Å²) in [5.41, 5.74) is 7.41. The third-order valence-corrected chi connectivity index (χ3v) is 2.53. The average Bonchev–Trinajstić information content (AvgIpc) is 2.68. The number of nitrogen functional groups attached to an aromatic ring is 1. The van der Waals surface area contributed by atoms with Crippen molar-refractivity contribution in [3.8, 4) is 0 Å². The predicted molar refractivity (Wildman–Crippen MR) is 64.7 cm³/mol. The SMILES string of the molecule is Cc1[nH]nc(N)c1C(=O)N(C)c1cccnc1. The number of aryl methyl sites for hydroxylation is 1. The summed E-state index contributed by atoms with van der Waals surface area (Å²) in [6.45, 7) is 1.76. The lowest BCUT2D eigenvalue weighted by Crippen LogP contribution is -2.27. The summed E-state index contributed by atoms with van der Waals surface area (Å²) in [6.07, 6.45) is 3.27. The van der Waals surface area contributed by atoms with E-state index in [1.54, 1.807) is 38.5 Å². The van der Waals surface area contributed by atoms with E-state index in [0.29, 0.717) is 16.9 Å². The van der Waals surface area contributed by atoms with Crippen molar-refractivity contribution in [1.29, 1.82) is 0 Å². The van der Waals surface area contributed by atoms with Gasteiger partial charge in [0.2, 0.25) is 0 Å². The maximum Gasteiger partial charge on any atom is 0.263 e. The number of pyridine rings is 1. The van der Waals surface area contributed by atoms with Crippen LogP contribution in [0, 0.1) is 6.92 Å². The van der Waals surface area contributed by atoms with Crippen molar-refractivity contribution in [1.82, 2.24) is 15.2 Å². The van der Waals surface area contributed by atoms with Gasteiger partial charge in [-0.15, -0.1) is 0 Å². The number of aromatic amines is 1. The van der Waals surface area contributed by atoms with Crippen LogP contribution in [0.25, 0.3) is 0 Å². The summed E-state index contributed by atoms with van der Waals surface area (Å²) < 4.78 is 0. The van der Waals surface area contributed by atoms with Crippen LogP contribution in [0.4, 0.5) is 11.5 Å². The molecule has 2 heterocycles. The number of aromatic nitrogens is 3. The van der Waals surface area contributed by atoms with Crippen LogP contribution in [-0.2, 0) is 0 Å². The summed E-state index contributed by atoms with van der Waals surface area (Å²) in [6, 6.07) is 3.57. The van der Waals surface area contributed by atoms with Gasteiger partial charge >= 0.3 is 0 Å². The zero-order valence-corrected chi connectivity index (χ0v) is 9.64. The van der Waals surface area contributed by atoms with Crippen molar-refractivity contribution in [2.24, 2.45) is 0 Å². The molecule has 0 spiro atoms. The zero-order chi connectivity index (χ0) is 12.4. The van der Waals surface area contributed by atoms with Gasteiger partial charge in [-0.2, -0.15) is 5.10 Å². The molecule has 3 N–H and O–H groups in total. The predicted octanol–water partition coefficient (Wildman–Crippen LogP) is 0.972. The van der Waals surface area contributed by atoms with Crippen molar-refractivity contribution < 1.29 is 4.79 Å². The summed E-state index contributed by atoms with van der Waals surface area (Å²) in [5.74, 6) is 0.00462. The number of hydrogen-bond donors (Lipinski definition) is 2. The molecule has 17 heavy (non-hydrogen) atoms. The van der Waals surface area contributed by atoms with Crippen LogP contribution in [0.5, 0.6) is 0 Å². The van der Waals surface area contributed by atoms with Crippen LogP contribution in [0.15, 0.2) is 24.5 Å². The molecule has 0 saturated carbocycles. The number of H-pyrrole nitrogens is 1. The van der Waals surface area contributed by atoms with Crippen molar-refractivity contribution >= 4 is 17.4 Å². The average molecular weight is 231 g/mol. The molecule has 2 aromatic rings. The van der Waals surface area contributed by atoms with Gasteiger partial charge in [0, 0.05) is 18.9 Å². The van der Waals surface area contributed by atoms with Gasteiger partial charge in [-0.25, -0.2) is 0 Å². The van der Waals surface area contributed by atoms with Gasteiger partial charge < -0.3 is 10.6 Å². The fourth-order valence-electron chi connectivity index (χ4n) is 1.56. The fraction of sp³-hybridized carbons (Fsp3) is 0.182. The minimum atomic E-state index is -0.207. The Morgan fingerprint density at radius 2 is 2.29 bits per heavy atom. The molecule has 0 fully saturated rings. The van der Waals surface area contributed by atoms with Crippen molar-refractivity contribution in [3.63, 3.8) is 0 Å². The minimum Gasteiger partial charge on any atom is -0.382 e. The standard InChI is InChI=1S/C11H13N5O/c1-7-9(10(12)15-14-7)11(17)16(2)8-4-3-5-13-6-8/h3-6H,1-2H3,(H3,12,14,15). The molecule has 0 radical (unpaired) electrons. The molecule has 2 aromatic heterocycles. The second kappa shape index (κ2) is 4.25. The fourth-order valence-corrected chi connectivity index (χ4v) is 1.56. The molecule has 0 aromatic carbocycles. The lowest BCUT2D eigenvalue weighted by molar-refractivity contribution is 0.0993. The maximum absolute atomic E-state index is 12.2. The molecule has 0 unspecified atom stereocenters. The molecule has 6 nitrogen and oxygen atoms in total. The number of anilines is 2. The first-order valence-electron chi connectivity index (χ1n) is 5.09. The molecule has 0 saturated heterocycles. The maximum atomic E-state index is 12.2. The number of amides is 1. The number of hydrogen-bond acceptors (Lipinski definition) is 4. The van der Waals surface area contributed by atoms with Gasteiger partial charge in [0.15, 0.2) is 5.82 Å². The minimum absolute atomic E-state index is 0.207. The highest BCUT2D eigenvalue weighted by Crippen LogP contribution is 2.18. The lowest BCUT2D eigenvalue weighted by atomic mass is 10.2. The Kier molecular flexibility index (Phi) is 2.78. The van der Waals surface area contributed by atoms with Gasteiger partial charge in [-0.1, -0.05) is 0 Å². The molecule has 2 rings (SSSR count). The van der Waals surface area contributed by atoms with Gasteiger partial charge in [0.25, 0.3) is 5.91 Å². The van der Waals surface area contributed by atoms with Crippen LogP contribution in [0.3, 0.4) is 0 Å². The molecule has 88 valence electrons. The van der Waals surface area contributed by atoms with E-state index in [0.717, 1.165) is 0 Å². The molecule has 0 aliphatic carbocycles. The molecule has 6 heteroatoms. The number of carbonyl (C=O) groups excluding carboxylic acids is 1. The molecular weight excluding hydrogens is 218 g/mol. The van der Waals surface area contributed by atoms with E-state index in [9.17, 15) is 4.79 Å². The third-order valence-electron chi connectivity index (χ3n) is 2.53. The van der Waals surface area contributed by atoms with Gasteiger partial charge in [0.1, 0.15) is 5.56 Å². The number of carbonyl (C=O) groups is 1. The number of nitrogens with zero attached hydrogens (tertiary/aromatic N) is 3. The Balaban J connectivity index is 2.33. The van der Waals surface area contributed by atoms with E-state index in [2.05, 4.69) is 15.2 Å². The van der Waals surface area contributed by atoms with Crippen molar-refractivity contribution in [3.05, 3.63) is 35.8 Å². The Hall–Kier alpha value is -2.37. The summed E-state index contributed by atoms with van der Waals surface area (Å²) in [5, 5.41) is 6.49. The van der Waals surface area contributed by atoms with E-state index in [1.807, 2.05) is 0 Å². The van der Waals surface area contributed by atoms with E-state index in [1.165, 1.54) is 4.90 Å². The quantitative estimate of drug-likeness (QED) is 0.806. The summed E-state index contributed by atoms with van der Waals surface area (Å²) >= 11 is 0. The number of nitrogens with one attached hydrogen (secondary N) is 1. The van der Waals surface area contributed by atoms with Crippen LogP contribution in [-0.4, -0.2) is 28.1 Å². The normalized spacial score (nSPS) is 10.2. The zero-order valence-electron chi connectivity index (χ0n) is 9.64. The van der Waals surface area contributed by atoms with Crippen molar-refractivity contribution in [2.75, 3.05) is 17.7 Å².